The SMILES string of the molecule is CC(C)NC(=O)c1ccc(-c2ccc(Cl)c(F)c2)c(COc2ccc(-c3ccccc3C3CCCCC3)c(F)c2)c1. The molecule has 3 nitrogen and oxygen atoms in total. The number of nitrogens with one attached hydrogen (secondary N) is 1. The molecule has 1 N–H and O–H groups in total. The van der Waals surface area contributed by atoms with E-state index in [1.807, 2.05) is 32.0 Å². The number of halogens is 3. The quantitative estimate of drug-likeness (QED) is 0.228. The minimum absolute atomic E-state index is 0.0279. The molecule has 1 fully saturated rings. The molecule has 212 valence electrons. The number of carbonyl (C=O) groups excluding carboxylic acids is 1. The van der Waals surface area contributed by atoms with E-state index < -0.39 is 5.82 Å². The number of carbonyl (C=O) groups is 1. The summed E-state index contributed by atoms with van der Waals surface area (Å²) in [5.41, 5.74) is 5.10. The molecule has 1 amide bonds. The summed E-state index contributed by atoms with van der Waals surface area (Å²) >= 11 is 5.90. The second kappa shape index (κ2) is 12.9. The third kappa shape index (κ3) is 6.79. The molecule has 41 heavy (non-hydrogen) atoms. The minimum atomic E-state index is -0.538. The van der Waals surface area contributed by atoms with Crippen molar-refractivity contribution in [2.24, 2.45) is 0 Å². The van der Waals surface area contributed by atoms with Crippen LogP contribution in [0.15, 0.2) is 78.9 Å². The summed E-state index contributed by atoms with van der Waals surface area (Å²) in [6.07, 6.45) is 5.94. The van der Waals surface area contributed by atoms with Gasteiger partial charge in [0.15, 0.2) is 0 Å². The summed E-state index contributed by atoms with van der Waals surface area (Å²) in [4.78, 5) is 12.7. The number of hydrogen-bond acceptors (Lipinski definition) is 2. The average molecular weight is 574 g/mol. The molecular formula is C35H34ClF2NO2. The van der Waals surface area contributed by atoms with E-state index in [9.17, 15) is 9.18 Å². The summed E-state index contributed by atoms with van der Waals surface area (Å²) < 4.78 is 35.9. The van der Waals surface area contributed by atoms with Gasteiger partial charge >= 0.3 is 0 Å². The van der Waals surface area contributed by atoms with Crippen molar-refractivity contribution in [3.05, 3.63) is 112 Å². The molecule has 0 heterocycles. The Morgan fingerprint density at radius 2 is 1.63 bits per heavy atom. The lowest BCUT2D eigenvalue weighted by Gasteiger charge is -2.24. The molecule has 4 aromatic carbocycles. The van der Waals surface area contributed by atoms with Gasteiger partial charge in [0.25, 0.3) is 5.91 Å². The van der Waals surface area contributed by atoms with Gasteiger partial charge in [-0.1, -0.05) is 67.3 Å². The molecule has 1 aliphatic rings. The van der Waals surface area contributed by atoms with Crippen molar-refractivity contribution >= 4 is 17.5 Å². The first-order chi connectivity index (χ1) is 19.8. The van der Waals surface area contributed by atoms with Gasteiger partial charge in [0.1, 0.15) is 24.0 Å². The number of rotatable bonds is 8. The highest BCUT2D eigenvalue weighted by Gasteiger charge is 2.20. The van der Waals surface area contributed by atoms with E-state index in [1.54, 1.807) is 36.4 Å². The van der Waals surface area contributed by atoms with Crippen LogP contribution < -0.4 is 10.1 Å². The van der Waals surface area contributed by atoms with E-state index in [-0.39, 0.29) is 29.4 Å². The molecule has 0 saturated heterocycles. The van der Waals surface area contributed by atoms with E-state index in [0.717, 1.165) is 18.4 Å². The molecule has 5 rings (SSSR count). The Hall–Kier alpha value is -3.70. The normalized spacial score (nSPS) is 13.8. The number of hydrogen-bond donors (Lipinski definition) is 1. The molecule has 0 bridgehead atoms. The van der Waals surface area contributed by atoms with E-state index in [4.69, 9.17) is 16.3 Å². The van der Waals surface area contributed by atoms with Crippen molar-refractivity contribution in [1.82, 2.24) is 5.32 Å². The third-order valence-electron chi connectivity index (χ3n) is 7.65. The van der Waals surface area contributed by atoms with Crippen LogP contribution in [-0.4, -0.2) is 11.9 Å². The van der Waals surface area contributed by atoms with E-state index >= 15 is 4.39 Å². The number of benzene rings is 4. The summed E-state index contributed by atoms with van der Waals surface area (Å²) in [5, 5.41) is 2.91. The smallest absolute Gasteiger partial charge is 0.251 e. The molecular weight excluding hydrogens is 540 g/mol. The van der Waals surface area contributed by atoms with E-state index in [1.165, 1.54) is 43.0 Å². The Morgan fingerprint density at radius 3 is 2.37 bits per heavy atom. The fourth-order valence-corrected chi connectivity index (χ4v) is 5.74. The first-order valence-electron chi connectivity index (χ1n) is 14.2. The lowest BCUT2D eigenvalue weighted by molar-refractivity contribution is 0.0943. The molecule has 0 aromatic heterocycles. The lowest BCUT2D eigenvalue weighted by atomic mass is 9.81. The Bertz CT molecular complexity index is 1550. The van der Waals surface area contributed by atoms with Gasteiger partial charge in [0, 0.05) is 23.2 Å². The molecule has 0 atom stereocenters. The van der Waals surface area contributed by atoms with E-state index in [2.05, 4.69) is 11.4 Å². The topological polar surface area (TPSA) is 38.3 Å². The van der Waals surface area contributed by atoms with Crippen LogP contribution in [0.5, 0.6) is 5.75 Å². The molecule has 6 heteroatoms. The maximum atomic E-state index is 15.5. The van der Waals surface area contributed by atoms with Crippen LogP contribution in [0.1, 0.15) is 73.4 Å². The van der Waals surface area contributed by atoms with Gasteiger partial charge in [0.05, 0.1) is 5.02 Å². The second-order valence-electron chi connectivity index (χ2n) is 11.0. The van der Waals surface area contributed by atoms with Crippen molar-refractivity contribution in [2.45, 2.75) is 64.5 Å². The fraction of sp³-hybridized carbons (Fsp3) is 0.286. The molecule has 0 unspecified atom stereocenters. The van der Waals surface area contributed by atoms with Crippen LogP contribution in [0.4, 0.5) is 8.78 Å². The van der Waals surface area contributed by atoms with Crippen molar-refractivity contribution < 1.29 is 18.3 Å². The molecule has 0 radical (unpaired) electrons. The van der Waals surface area contributed by atoms with Crippen LogP contribution in [0, 0.1) is 11.6 Å². The van der Waals surface area contributed by atoms with Crippen molar-refractivity contribution in [3.8, 4) is 28.0 Å². The molecule has 1 aliphatic carbocycles. The summed E-state index contributed by atoms with van der Waals surface area (Å²) in [5.74, 6) is -0.292. The average Bonchev–Trinajstić information content (AvgIpc) is 2.97. The summed E-state index contributed by atoms with van der Waals surface area (Å²) in [6, 6.07) is 22.8. The van der Waals surface area contributed by atoms with Gasteiger partial charge < -0.3 is 10.1 Å². The van der Waals surface area contributed by atoms with Crippen LogP contribution in [0.2, 0.25) is 5.02 Å². The number of amides is 1. The van der Waals surface area contributed by atoms with Gasteiger partial charge in [0.2, 0.25) is 0 Å². The van der Waals surface area contributed by atoms with Crippen LogP contribution in [-0.2, 0) is 6.61 Å². The zero-order chi connectivity index (χ0) is 28.9. The molecule has 1 saturated carbocycles. The van der Waals surface area contributed by atoms with Gasteiger partial charge in [-0.05, 0) is 96.8 Å². The third-order valence-corrected chi connectivity index (χ3v) is 7.96. The molecule has 0 aliphatic heterocycles. The highest BCUT2D eigenvalue weighted by molar-refractivity contribution is 6.30. The van der Waals surface area contributed by atoms with Crippen molar-refractivity contribution in [2.75, 3.05) is 0 Å². The van der Waals surface area contributed by atoms with Gasteiger partial charge in [-0.25, -0.2) is 8.78 Å². The fourth-order valence-electron chi connectivity index (χ4n) is 5.62. The summed E-state index contributed by atoms with van der Waals surface area (Å²) in [6.45, 7) is 3.83. The standard InChI is InChI=1S/C35H34ClF2NO2/c1-22(2)39-35(40)25-12-15-28(24-13-17-32(36)34(38)19-24)26(18-25)21-41-27-14-16-31(33(37)20-27)30-11-7-6-10-29(30)23-8-4-3-5-9-23/h6-7,10-20,22-23H,3-5,8-9,21H2,1-2H3,(H,39,40). The van der Waals surface area contributed by atoms with Crippen LogP contribution in [0.3, 0.4) is 0 Å². The van der Waals surface area contributed by atoms with E-state index in [0.29, 0.717) is 39.5 Å². The maximum Gasteiger partial charge on any atom is 0.251 e. The highest BCUT2D eigenvalue weighted by atomic mass is 35.5. The first-order valence-corrected chi connectivity index (χ1v) is 14.6. The zero-order valence-electron chi connectivity index (χ0n) is 23.4. The maximum absolute atomic E-state index is 15.5. The Morgan fingerprint density at radius 1 is 0.878 bits per heavy atom. The second-order valence-corrected chi connectivity index (χ2v) is 11.4. The van der Waals surface area contributed by atoms with Crippen LogP contribution >= 0.6 is 11.6 Å². The Kier molecular flexibility index (Phi) is 9.04. The first kappa shape index (κ1) is 28.8. The van der Waals surface area contributed by atoms with Gasteiger partial charge in [-0.15, -0.1) is 0 Å². The zero-order valence-corrected chi connectivity index (χ0v) is 24.1. The predicted octanol–water partition coefficient (Wildman–Crippen LogP) is 9.72. The van der Waals surface area contributed by atoms with Gasteiger partial charge in [-0.2, -0.15) is 0 Å². The Balaban J connectivity index is 1.42. The lowest BCUT2D eigenvalue weighted by Crippen LogP contribution is -2.30. The Labute approximate surface area is 245 Å². The minimum Gasteiger partial charge on any atom is -0.489 e. The molecule has 4 aromatic rings. The van der Waals surface area contributed by atoms with Crippen molar-refractivity contribution in [1.29, 1.82) is 0 Å². The predicted molar refractivity (Wildman–Crippen MR) is 161 cm³/mol. The number of ether oxygens (including phenoxy) is 1. The highest BCUT2D eigenvalue weighted by Crippen LogP contribution is 2.39. The largest absolute Gasteiger partial charge is 0.489 e. The molecule has 0 spiro atoms. The monoisotopic (exact) mass is 573 g/mol. The van der Waals surface area contributed by atoms with Crippen LogP contribution in [0.25, 0.3) is 22.3 Å². The summed E-state index contributed by atoms with van der Waals surface area (Å²) in [7, 11) is 0. The van der Waals surface area contributed by atoms with Crippen molar-refractivity contribution in [3.63, 3.8) is 0 Å². The van der Waals surface area contributed by atoms with Gasteiger partial charge in [-0.3, -0.25) is 4.79 Å².